The normalized spacial score (nSPS) is 22.3. The predicted octanol–water partition coefficient (Wildman–Crippen LogP) is 6.41. The number of unbranched alkanes of at least 4 members (excludes halogenated alkanes) is 23. The average Bonchev–Trinajstić information content (AvgIpc) is 3.14. The van der Waals surface area contributed by atoms with E-state index >= 15 is 0 Å². The molecule has 1 amide bonds. The Balaban J connectivity index is 2.57. The standard InChI is InChI=1S/C40H79NO12S/c1-3-5-7-9-11-13-14-15-16-17-18-19-20-21-23-24-26-28-33(43)32(41-39(47)34(44)29-27-25-22-12-10-8-6-4-2)31-51-40-37(46)38(53-54(48,49)50)36(45)35(30-42)52-40/h32-38,40,42-46H,3-31H2,1-2H3,(H,41,47)(H,48,49,50). The van der Waals surface area contributed by atoms with Crippen LogP contribution in [0, 0.1) is 0 Å². The lowest BCUT2D eigenvalue weighted by Crippen LogP contribution is -2.61. The lowest BCUT2D eigenvalue weighted by atomic mass is 9.99. The van der Waals surface area contributed by atoms with Gasteiger partial charge in [0.05, 0.1) is 25.4 Å². The van der Waals surface area contributed by atoms with Crippen LogP contribution in [0.25, 0.3) is 0 Å². The van der Waals surface area contributed by atoms with Crippen LogP contribution in [-0.4, -0.2) is 107 Å². The lowest BCUT2D eigenvalue weighted by molar-refractivity contribution is -0.298. The van der Waals surface area contributed by atoms with Gasteiger partial charge in [0, 0.05) is 0 Å². The Morgan fingerprint density at radius 3 is 1.48 bits per heavy atom. The summed E-state index contributed by atoms with van der Waals surface area (Å²) >= 11 is 0. The molecule has 54 heavy (non-hydrogen) atoms. The van der Waals surface area contributed by atoms with Crippen molar-refractivity contribution in [1.29, 1.82) is 0 Å². The molecule has 0 aliphatic carbocycles. The number of aliphatic hydroxyl groups is 5. The maximum absolute atomic E-state index is 13.0. The van der Waals surface area contributed by atoms with Gasteiger partial charge >= 0.3 is 10.4 Å². The molecule has 0 saturated carbocycles. The predicted molar refractivity (Wildman–Crippen MR) is 210 cm³/mol. The fraction of sp³-hybridized carbons (Fsp3) is 0.975. The van der Waals surface area contributed by atoms with E-state index in [9.17, 15) is 38.7 Å². The van der Waals surface area contributed by atoms with Gasteiger partial charge in [-0.3, -0.25) is 9.35 Å². The Morgan fingerprint density at radius 2 is 1.07 bits per heavy atom. The molecule has 14 heteroatoms. The maximum atomic E-state index is 13.0. The topological polar surface area (TPSA) is 212 Å². The average molecular weight is 798 g/mol. The van der Waals surface area contributed by atoms with Crippen molar-refractivity contribution in [2.75, 3.05) is 13.2 Å². The zero-order valence-corrected chi connectivity index (χ0v) is 34.5. The van der Waals surface area contributed by atoms with Gasteiger partial charge in [-0.05, 0) is 12.8 Å². The van der Waals surface area contributed by atoms with Crippen molar-refractivity contribution >= 4 is 16.3 Å². The summed E-state index contributed by atoms with van der Waals surface area (Å²) in [5.74, 6) is -0.672. The number of hydrogen-bond acceptors (Lipinski definition) is 11. The molecule has 0 radical (unpaired) electrons. The van der Waals surface area contributed by atoms with Gasteiger partial charge < -0.3 is 40.3 Å². The van der Waals surface area contributed by atoms with E-state index < -0.39 is 78.5 Å². The van der Waals surface area contributed by atoms with Crippen molar-refractivity contribution in [3.63, 3.8) is 0 Å². The van der Waals surface area contributed by atoms with Crippen LogP contribution >= 0.6 is 0 Å². The van der Waals surface area contributed by atoms with Crippen LogP contribution in [0.15, 0.2) is 0 Å². The monoisotopic (exact) mass is 798 g/mol. The van der Waals surface area contributed by atoms with Crippen LogP contribution in [0.5, 0.6) is 0 Å². The summed E-state index contributed by atoms with van der Waals surface area (Å²) in [6, 6.07) is -1.03. The summed E-state index contributed by atoms with van der Waals surface area (Å²) in [6.07, 6.45) is 18.9. The molecule has 0 aromatic carbocycles. The zero-order valence-electron chi connectivity index (χ0n) is 33.7. The van der Waals surface area contributed by atoms with Gasteiger partial charge in [-0.1, -0.05) is 174 Å². The number of rotatable bonds is 36. The van der Waals surface area contributed by atoms with Gasteiger partial charge in [0.2, 0.25) is 5.91 Å². The van der Waals surface area contributed by atoms with E-state index in [1.165, 1.54) is 109 Å². The summed E-state index contributed by atoms with van der Waals surface area (Å²) in [6.45, 7) is 3.23. The molecule has 7 N–H and O–H groups in total. The largest absolute Gasteiger partial charge is 0.397 e. The molecule has 0 spiro atoms. The molecule has 8 unspecified atom stereocenters. The molecule has 0 aromatic heterocycles. The van der Waals surface area contributed by atoms with E-state index in [-0.39, 0.29) is 6.42 Å². The second kappa shape index (κ2) is 32.1. The molecular formula is C40H79NO12S. The van der Waals surface area contributed by atoms with E-state index in [0.29, 0.717) is 19.3 Å². The van der Waals surface area contributed by atoms with Crippen molar-refractivity contribution in [1.82, 2.24) is 5.32 Å². The molecule has 0 aromatic rings. The first-order valence-corrected chi connectivity index (χ1v) is 22.9. The van der Waals surface area contributed by atoms with Gasteiger partial charge in [0.1, 0.15) is 30.5 Å². The van der Waals surface area contributed by atoms with Crippen molar-refractivity contribution < 1.29 is 57.0 Å². The first kappa shape index (κ1) is 51.1. The van der Waals surface area contributed by atoms with E-state index in [1.54, 1.807) is 0 Å². The highest BCUT2D eigenvalue weighted by Gasteiger charge is 2.48. The number of amides is 1. The molecule has 1 fully saturated rings. The number of ether oxygens (including phenoxy) is 2. The van der Waals surface area contributed by atoms with Gasteiger partial charge in [-0.2, -0.15) is 8.42 Å². The number of carbonyl (C=O) groups excluding carboxylic acids is 1. The van der Waals surface area contributed by atoms with E-state index in [0.717, 1.165) is 38.5 Å². The Kier molecular flexibility index (Phi) is 30.3. The quantitative estimate of drug-likeness (QED) is 0.0271. The van der Waals surface area contributed by atoms with Gasteiger partial charge in [0.25, 0.3) is 0 Å². The lowest BCUT2D eigenvalue weighted by Gasteiger charge is -2.41. The summed E-state index contributed by atoms with van der Waals surface area (Å²) < 4.78 is 47.4. The van der Waals surface area contributed by atoms with Crippen molar-refractivity contribution in [3.8, 4) is 0 Å². The Morgan fingerprint density at radius 1 is 0.667 bits per heavy atom. The van der Waals surface area contributed by atoms with Gasteiger partial charge in [-0.15, -0.1) is 0 Å². The first-order chi connectivity index (χ1) is 25.9. The third-order valence-corrected chi connectivity index (χ3v) is 11.0. The molecular weight excluding hydrogens is 719 g/mol. The molecule has 13 nitrogen and oxygen atoms in total. The number of hydrogen-bond donors (Lipinski definition) is 7. The Labute approximate surface area is 327 Å². The van der Waals surface area contributed by atoms with Crippen molar-refractivity contribution in [2.45, 2.75) is 236 Å². The number of carbonyl (C=O) groups is 1. The second-order valence-corrected chi connectivity index (χ2v) is 16.5. The summed E-state index contributed by atoms with van der Waals surface area (Å²) in [7, 11) is -5.10. The smallest absolute Gasteiger partial charge is 0.394 e. The molecule has 1 heterocycles. The highest BCUT2D eigenvalue weighted by molar-refractivity contribution is 7.80. The number of nitrogens with one attached hydrogen (secondary N) is 1. The molecule has 1 aliphatic heterocycles. The minimum Gasteiger partial charge on any atom is -0.394 e. The number of aliphatic hydroxyl groups excluding tert-OH is 5. The third kappa shape index (κ3) is 24.6. The van der Waals surface area contributed by atoms with E-state index in [1.807, 2.05) is 0 Å². The van der Waals surface area contributed by atoms with Crippen LogP contribution in [0.3, 0.4) is 0 Å². The fourth-order valence-electron chi connectivity index (χ4n) is 7.05. The highest BCUT2D eigenvalue weighted by atomic mass is 32.3. The minimum atomic E-state index is -5.10. The van der Waals surface area contributed by atoms with Gasteiger partial charge in [0.15, 0.2) is 6.29 Å². The maximum Gasteiger partial charge on any atom is 0.397 e. The van der Waals surface area contributed by atoms with Crippen LogP contribution in [0.1, 0.15) is 187 Å². The summed E-state index contributed by atoms with van der Waals surface area (Å²) in [5, 5.41) is 55.1. The van der Waals surface area contributed by atoms with Crippen LogP contribution in [0.4, 0.5) is 0 Å². The molecule has 322 valence electrons. The van der Waals surface area contributed by atoms with Crippen LogP contribution in [-0.2, 0) is 28.9 Å². The first-order valence-electron chi connectivity index (χ1n) is 21.5. The molecule has 8 atom stereocenters. The fourth-order valence-corrected chi connectivity index (χ4v) is 7.56. The molecule has 1 saturated heterocycles. The van der Waals surface area contributed by atoms with Crippen LogP contribution < -0.4 is 5.32 Å². The zero-order chi connectivity index (χ0) is 40.0. The van der Waals surface area contributed by atoms with E-state index in [4.69, 9.17) is 14.0 Å². The van der Waals surface area contributed by atoms with Crippen molar-refractivity contribution in [2.24, 2.45) is 0 Å². The molecule has 0 bridgehead atoms. The SMILES string of the molecule is CCCCCCCCCCCCCCCCCCCC(O)C(COC1OC(CO)C(O)C(OS(=O)(=O)O)C1O)NC(=O)C(O)CCCCCCCCCC. The Bertz CT molecular complexity index is 1010. The van der Waals surface area contributed by atoms with Gasteiger partial charge in [-0.25, -0.2) is 4.18 Å². The molecule has 1 aliphatic rings. The molecule has 1 rings (SSSR count). The van der Waals surface area contributed by atoms with Crippen LogP contribution in [0.2, 0.25) is 0 Å². The Hall–Kier alpha value is -0.940. The highest BCUT2D eigenvalue weighted by Crippen LogP contribution is 2.26. The second-order valence-electron chi connectivity index (χ2n) is 15.4. The summed E-state index contributed by atoms with van der Waals surface area (Å²) in [5.41, 5.74) is 0. The van der Waals surface area contributed by atoms with Crippen molar-refractivity contribution in [3.05, 3.63) is 0 Å². The summed E-state index contributed by atoms with van der Waals surface area (Å²) in [4.78, 5) is 13.0. The van der Waals surface area contributed by atoms with E-state index in [2.05, 4.69) is 23.3 Å². The third-order valence-electron chi connectivity index (χ3n) is 10.5. The minimum absolute atomic E-state index is 0.263.